The molecule has 1 aliphatic rings. The third-order valence-electron chi connectivity index (χ3n) is 3.87. The van der Waals surface area contributed by atoms with E-state index in [4.69, 9.17) is 10.3 Å². The Kier molecular flexibility index (Phi) is 3.52. The molecule has 0 saturated heterocycles. The summed E-state index contributed by atoms with van der Waals surface area (Å²) in [6.07, 6.45) is 6.23. The van der Waals surface area contributed by atoms with E-state index in [-0.39, 0.29) is 5.92 Å². The van der Waals surface area contributed by atoms with Gasteiger partial charge in [-0.15, -0.1) is 0 Å². The zero-order valence-electron chi connectivity index (χ0n) is 11.1. The summed E-state index contributed by atoms with van der Waals surface area (Å²) in [4.78, 5) is 4.45. The van der Waals surface area contributed by atoms with Crippen LogP contribution in [0.4, 0.5) is 0 Å². The minimum atomic E-state index is -0.447. The molecular formula is C13H23N3O. The van der Waals surface area contributed by atoms with Crippen LogP contribution in [0.1, 0.15) is 70.5 Å². The highest BCUT2D eigenvalue weighted by molar-refractivity contribution is 5.06. The molecule has 1 unspecified atom stereocenters. The second-order valence-corrected chi connectivity index (χ2v) is 5.73. The minimum Gasteiger partial charge on any atom is -0.339 e. The van der Waals surface area contributed by atoms with Crippen molar-refractivity contribution >= 4 is 0 Å². The molecule has 1 aliphatic carbocycles. The van der Waals surface area contributed by atoms with Crippen LogP contribution in [0.2, 0.25) is 0 Å². The minimum absolute atomic E-state index is 0.262. The average molecular weight is 237 g/mol. The van der Waals surface area contributed by atoms with Crippen molar-refractivity contribution in [1.29, 1.82) is 0 Å². The van der Waals surface area contributed by atoms with Crippen LogP contribution in [0.25, 0.3) is 0 Å². The average Bonchev–Trinajstić information content (AvgIpc) is 2.80. The summed E-state index contributed by atoms with van der Waals surface area (Å²) in [6.45, 7) is 6.13. The van der Waals surface area contributed by atoms with Crippen molar-refractivity contribution in [3.8, 4) is 0 Å². The van der Waals surface area contributed by atoms with Crippen LogP contribution in [0, 0.1) is 5.92 Å². The monoisotopic (exact) mass is 237 g/mol. The molecule has 4 heteroatoms. The van der Waals surface area contributed by atoms with Crippen molar-refractivity contribution in [3.05, 3.63) is 11.7 Å². The van der Waals surface area contributed by atoms with Crippen molar-refractivity contribution in [2.45, 2.75) is 64.3 Å². The lowest BCUT2D eigenvalue weighted by molar-refractivity contribution is 0.208. The molecule has 1 aromatic heterocycles. The Morgan fingerprint density at radius 3 is 2.47 bits per heavy atom. The topological polar surface area (TPSA) is 64.9 Å². The molecule has 4 nitrogen and oxygen atoms in total. The fourth-order valence-corrected chi connectivity index (χ4v) is 2.57. The van der Waals surface area contributed by atoms with Gasteiger partial charge in [0.25, 0.3) is 0 Å². The highest BCUT2D eigenvalue weighted by atomic mass is 16.5. The van der Waals surface area contributed by atoms with E-state index in [0.29, 0.717) is 17.6 Å². The van der Waals surface area contributed by atoms with E-state index < -0.39 is 5.54 Å². The van der Waals surface area contributed by atoms with Gasteiger partial charge in [0.15, 0.2) is 5.82 Å². The first-order valence-corrected chi connectivity index (χ1v) is 6.64. The van der Waals surface area contributed by atoms with Crippen LogP contribution in [0.15, 0.2) is 4.52 Å². The van der Waals surface area contributed by atoms with Gasteiger partial charge >= 0.3 is 0 Å². The number of hydrogen-bond acceptors (Lipinski definition) is 4. The molecule has 2 N–H and O–H groups in total. The van der Waals surface area contributed by atoms with Crippen molar-refractivity contribution in [2.75, 3.05) is 0 Å². The summed E-state index contributed by atoms with van der Waals surface area (Å²) in [5, 5.41) is 4.07. The smallest absolute Gasteiger partial charge is 0.229 e. The van der Waals surface area contributed by atoms with Crippen LogP contribution in [-0.4, -0.2) is 10.1 Å². The van der Waals surface area contributed by atoms with E-state index in [9.17, 15) is 0 Å². The lowest BCUT2D eigenvalue weighted by Crippen LogP contribution is -2.43. The fraction of sp³-hybridized carbons (Fsp3) is 0.846. The second kappa shape index (κ2) is 4.77. The van der Waals surface area contributed by atoms with E-state index in [1.165, 1.54) is 32.1 Å². The van der Waals surface area contributed by atoms with Gasteiger partial charge < -0.3 is 10.3 Å². The maximum Gasteiger partial charge on any atom is 0.229 e. The number of hydrogen-bond donors (Lipinski definition) is 1. The third kappa shape index (κ3) is 2.51. The Hall–Kier alpha value is -0.900. The molecule has 0 amide bonds. The summed E-state index contributed by atoms with van der Waals surface area (Å²) in [5.74, 6) is 2.10. The SMILES string of the molecule is CC(C)c1nc(C(C)(N)C2CCCCC2)no1. The van der Waals surface area contributed by atoms with Gasteiger partial charge in [0.1, 0.15) is 0 Å². The first-order valence-electron chi connectivity index (χ1n) is 6.64. The maximum atomic E-state index is 6.44. The standard InChI is InChI=1S/C13H23N3O/c1-9(2)11-15-12(16-17-11)13(3,14)10-7-5-4-6-8-10/h9-10H,4-8,14H2,1-3H3. The number of nitrogens with zero attached hydrogens (tertiary/aromatic N) is 2. The van der Waals surface area contributed by atoms with E-state index in [1.807, 2.05) is 20.8 Å². The largest absolute Gasteiger partial charge is 0.339 e. The molecule has 1 atom stereocenters. The predicted octanol–water partition coefficient (Wildman–Crippen LogP) is 2.95. The molecule has 2 rings (SSSR count). The van der Waals surface area contributed by atoms with Crippen LogP contribution < -0.4 is 5.73 Å². The first kappa shape index (κ1) is 12.6. The fourth-order valence-electron chi connectivity index (χ4n) is 2.57. The Bertz CT molecular complexity index is 364. The molecule has 1 saturated carbocycles. The lowest BCUT2D eigenvalue weighted by atomic mass is 9.76. The molecule has 0 spiro atoms. The Labute approximate surface area is 103 Å². The Morgan fingerprint density at radius 1 is 1.29 bits per heavy atom. The molecule has 0 bridgehead atoms. The van der Waals surface area contributed by atoms with Crippen LogP contribution in [0.5, 0.6) is 0 Å². The van der Waals surface area contributed by atoms with Gasteiger partial charge in [0, 0.05) is 5.92 Å². The second-order valence-electron chi connectivity index (χ2n) is 5.73. The van der Waals surface area contributed by atoms with E-state index >= 15 is 0 Å². The number of aromatic nitrogens is 2. The van der Waals surface area contributed by atoms with Gasteiger partial charge in [-0.05, 0) is 25.7 Å². The summed E-state index contributed by atoms with van der Waals surface area (Å²) in [5.41, 5.74) is 5.99. The van der Waals surface area contributed by atoms with Gasteiger partial charge in [-0.1, -0.05) is 38.3 Å². The van der Waals surface area contributed by atoms with Gasteiger partial charge in [0.2, 0.25) is 5.89 Å². The van der Waals surface area contributed by atoms with Gasteiger partial charge in [-0.3, -0.25) is 0 Å². The Balaban J connectivity index is 2.17. The molecule has 96 valence electrons. The van der Waals surface area contributed by atoms with Gasteiger partial charge in [0.05, 0.1) is 5.54 Å². The normalized spacial score (nSPS) is 21.7. The Morgan fingerprint density at radius 2 is 1.94 bits per heavy atom. The van der Waals surface area contributed by atoms with E-state index in [1.54, 1.807) is 0 Å². The predicted molar refractivity (Wildman–Crippen MR) is 66.5 cm³/mol. The molecule has 0 aliphatic heterocycles. The van der Waals surface area contributed by atoms with Crippen LogP contribution in [0.3, 0.4) is 0 Å². The number of nitrogens with two attached hydrogens (primary N) is 1. The van der Waals surface area contributed by atoms with Gasteiger partial charge in [-0.2, -0.15) is 4.98 Å². The summed E-state index contributed by atoms with van der Waals surface area (Å²) < 4.78 is 5.26. The highest BCUT2D eigenvalue weighted by Gasteiger charge is 2.37. The molecule has 1 heterocycles. The summed E-state index contributed by atoms with van der Waals surface area (Å²) >= 11 is 0. The van der Waals surface area contributed by atoms with Crippen molar-refractivity contribution in [2.24, 2.45) is 11.7 Å². The zero-order valence-corrected chi connectivity index (χ0v) is 11.1. The van der Waals surface area contributed by atoms with Crippen LogP contribution >= 0.6 is 0 Å². The highest BCUT2D eigenvalue weighted by Crippen LogP contribution is 2.36. The maximum absolute atomic E-state index is 6.44. The van der Waals surface area contributed by atoms with Crippen molar-refractivity contribution < 1.29 is 4.52 Å². The van der Waals surface area contributed by atoms with E-state index in [0.717, 1.165) is 0 Å². The molecule has 17 heavy (non-hydrogen) atoms. The van der Waals surface area contributed by atoms with Crippen molar-refractivity contribution in [3.63, 3.8) is 0 Å². The molecule has 1 fully saturated rings. The molecular weight excluding hydrogens is 214 g/mol. The first-order chi connectivity index (χ1) is 8.01. The molecule has 0 aromatic carbocycles. The van der Waals surface area contributed by atoms with Crippen LogP contribution in [-0.2, 0) is 5.54 Å². The molecule has 0 radical (unpaired) electrons. The lowest BCUT2D eigenvalue weighted by Gasteiger charge is -2.34. The zero-order chi connectivity index (χ0) is 12.5. The quantitative estimate of drug-likeness (QED) is 0.877. The summed E-state index contributed by atoms with van der Waals surface area (Å²) in [6, 6.07) is 0. The van der Waals surface area contributed by atoms with E-state index in [2.05, 4.69) is 10.1 Å². The summed E-state index contributed by atoms with van der Waals surface area (Å²) in [7, 11) is 0. The van der Waals surface area contributed by atoms with Gasteiger partial charge in [-0.25, -0.2) is 0 Å². The molecule has 1 aromatic rings. The van der Waals surface area contributed by atoms with Crippen molar-refractivity contribution in [1.82, 2.24) is 10.1 Å². The third-order valence-corrected chi connectivity index (χ3v) is 3.87. The number of rotatable bonds is 3.